The second-order valence-electron chi connectivity index (χ2n) is 6.59. The molecule has 0 saturated carbocycles. The number of rotatable bonds is 5. The largest absolute Gasteiger partial charge is 0.481 e. The standard InChI is InChI=1S/C15H28N2O3/c1-5-15(3,4)16-14(20)17-8-6-7-12(10-17)11(2)9-13(18)19/h11-12H,5-10H2,1-4H3,(H,16,20)(H,18,19). The van der Waals surface area contributed by atoms with Gasteiger partial charge in [-0.3, -0.25) is 4.79 Å². The Morgan fingerprint density at radius 1 is 1.45 bits per heavy atom. The van der Waals surface area contributed by atoms with Gasteiger partial charge < -0.3 is 15.3 Å². The van der Waals surface area contributed by atoms with Gasteiger partial charge >= 0.3 is 12.0 Å². The van der Waals surface area contributed by atoms with E-state index in [2.05, 4.69) is 5.32 Å². The Morgan fingerprint density at radius 3 is 2.65 bits per heavy atom. The SMILES string of the molecule is CCC(C)(C)NC(=O)N1CCCC(C(C)CC(=O)O)C1. The molecule has 1 aliphatic rings. The molecule has 0 aromatic heterocycles. The quantitative estimate of drug-likeness (QED) is 0.815. The first kappa shape index (κ1) is 16.8. The van der Waals surface area contributed by atoms with Gasteiger partial charge in [0.15, 0.2) is 0 Å². The number of likely N-dealkylation sites (tertiary alicyclic amines) is 1. The zero-order chi connectivity index (χ0) is 15.3. The van der Waals surface area contributed by atoms with E-state index in [1.165, 1.54) is 0 Å². The zero-order valence-electron chi connectivity index (χ0n) is 13.1. The lowest BCUT2D eigenvalue weighted by Gasteiger charge is -2.37. The van der Waals surface area contributed by atoms with Crippen LogP contribution in [0.2, 0.25) is 0 Å². The number of aliphatic carboxylic acids is 1. The van der Waals surface area contributed by atoms with E-state index in [0.29, 0.717) is 6.54 Å². The Labute approximate surface area is 121 Å². The molecule has 5 nitrogen and oxygen atoms in total. The Balaban J connectivity index is 2.56. The Kier molecular flexibility index (Phi) is 5.84. The van der Waals surface area contributed by atoms with Gasteiger partial charge in [-0.05, 0) is 44.9 Å². The number of carbonyl (C=O) groups is 2. The molecule has 1 aliphatic heterocycles. The number of urea groups is 1. The molecule has 0 bridgehead atoms. The number of hydrogen-bond acceptors (Lipinski definition) is 2. The van der Waals surface area contributed by atoms with E-state index in [1.807, 2.05) is 32.6 Å². The average molecular weight is 284 g/mol. The number of carbonyl (C=O) groups excluding carboxylic acids is 1. The number of carboxylic acid groups (broad SMARTS) is 1. The summed E-state index contributed by atoms with van der Waals surface area (Å²) in [6.07, 6.45) is 3.02. The molecule has 20 heavy (non-hydrogen) atoms. The van der Waals surface area contributed by atoms with Crippen LogP contribution >= 0.6 is 0 Å². The first-order valence-electron chi connectivity index (χ1n) is 7.54. The molecule has 0 aromatic carbocycles. The molecule has 0 aromatic rings. The van der Waals surface area contributed by atoms with E-state index in [0.717, 1.165) is 25.8 Å². The maximum atomic E-state index is 12.3. The van der Waals surface area contributed by atoms with Crippen molar-refractivity contribution in [3.63, 3.8) is 0 Å². The second kappa shape index (κ2) is 6.95. The first-order chi connectivity index (χ1) is 9.25. The van der Waals surface area contributed by atoms with Crippen LogP contribution in [0.5, 0.6) is 0 Å². The highest BCUT2D eigenvalue weighted by molar-refractivity contribution is 5.75. The monoisotopic (exact) mass is 284 g/mol. The summed E-state index contributed by atoms with van der Waals surface area (Å²) in [6.45, 7) is 9.48. The van der Waals surface area contributed by atoms with Gasteiger partial charge in [0.05, 0.1) is 0 Å². The third kappa shape index (κ3) is 5.02. The fraction of sp³-hybridized carbons (Fsp3) is 0.867. The van der Waals surface area contributed by atoms with E-state index < -0.39 is 5.97 Å². The number of nitrogens with zero attached hydrogens (tertiary/aromatic N) is 1. The molecule has 2 unspecified atom stereocenters. The summed E-state index contributed by atoms with van der Waals surface area (Å²) in [5.41, 5.74) is -0.198. The van der Waals surface area contributed by atoms with Crippen LogP contribution in [0.1, 0.15) is 53.4 Å². The summed E-state index contributed by atoms with van der Waals surface area (Å²) in [4.78, 5) is 24.9. The maximum absolute atomic E-state index is 12.3. The maximum Gasteiger partial charge on any atom is 0.317 e. The van der Waals surface area contributed by atoms with Crippen molar-refractivity contribution < 1.29 is 14.7 Å². The lowest BCUT2D eigenvalue weighted by molar-refractivity contribution is -0.138. The number of amides is 2. The summed E-state index contributed by atoms with van der Waals surface area (Å²) < 4.78 is 0. The number of carboxylic acids is 1. The molecule has 2 atom stereocenters. The van der Waals surface area contributed by atoms with Crippen LogP contribution in [0, 0.1) is 11.8 Å². The topological polar surface area (TPSA) is 69.6 Å². The lowest BCUT2D eigenvalue weighted by Crippen LogP contribution is -2.52. The van der Waals surface area contributed by atoms with Gasteiger partial charge in [0, 0.05) is 25.0 Å². The smallest absolute Gasteiger partial charge is 0.317 e. The van der Waals surface area contributed by atoms with E-state index in [-0.39, 0.29) is 29.8 Å². The molecule has 2 amide bonds. The minimum Gasteiger partial charge on any atom is -0.481 e. The second-order valence-corrected chi connectivity index (χ2v) is 6.59. The van der Waals surface area contributed by atoms with Gasteiger partial charge in [-0.25, -0.2) is 4.79 Å². The Hall–Kier alpha value is -1.26. The molecule has 1 heterocycles. The number of piperidine rings is 1. The average Bonchev–Trinajstić information content (AvgIpc) is 2.37. The van der Waals surface area contributed by atoms with Crippen molar-refractivity contribution >= 4 is 12.0 Å². The van der Waals surface area contributed by atoms with E-state index in [4.69, 9.17) is 5.11 Å². The van der Waals surface area contributed by atoms with Gasteiger partial charge in [-0.15, -0.1) is 0 Å². The molecular formula is C15H28N2O3. The summed E-state index contributed by atoms with van der Waals surface area (Å²) in [5.74, 6) is -0.358. The van der Waals surface area contributed by atoms with Gasteiger partial charge in [0.2, 0.25) is 0 Å². The van der Waals surface area contributed by atoms with Crippen LogP contribution in [0.25, 0.3) is 0 Å². The predicted molar refractivity (Wildman–Crippen MR) is 78.6 cm³/mol. The molecule has 0 spiro atoms. The van der Waals surface area contributed by atoms with Crippen molar-refractivity contribution in [2.75, 3.05) is 13.1 Å². The van der Waals surface area contributed by atoms with E-state index >= 15 is 0 Å². The first-order valence-corrected chi connectivity index (χ1v) is 7.54. The van der Waals surface area contributed by atoms with Gasteiger partial charge in [0.25, 0.3) is 0 Å². The van der Waals surface area contributed by atoms with Crippen LogP contribution in [-0.2, 0) is 4.79 Å². The third-order valence-electron chi connectivity index (χ3n) is 4.38. The van der Waals surface area contributed by atoms with E-state index in [1.54, 1.807) is 0 Å². The predicted octanol–water partition coefficient (Wildman–Crippen LogP) is 2.71. The summed E-state index contributed by atoms with van der Waals surface area (Å²) in [7, 11) is 0. The van der Waals surface area contributed by atoms with Crippen molar-refractivity contribution in [2.45, 2.75) is 58.9 Å². The molecule has 0 aliphatic carbocycles. The van der Waals surface area contributed by atoms with Crippen molar-refractivity contribution in [1.82, 2.24) is 10.2 Å². The summed E-state index contributed by atoms with van der Waals surface area (Å²) in [6, 6.07) is -0.0240. The fourth-order valence-electron chi connectivity index (χ4n) is 2.56. The molecule has 116 valence electrons. The van der Waals surface area contributed by atoms with Gasteiger partial charge in [-0.1, -0.05) is 13.8 Å². The molecule has 1 rings (SSSR count). The van der Waals surface area contributed by atoms with Gasteiger partial charge in [0.1, 0.15) is 0 Å². The fourth-order valence-corrected chi connectivity index (χ4v) is 2.56. The lowest BCUT2D eigenvalue weighted by atomic mass is 9.85. The van der Waals surface area contributed by atoms with Crippen LogP contribution in [0.15, 0.2) is 0 Å². The van der Waals surface area contributed by atoms with Crippen LogP contribution < -0.4 is 5.32 Å². The Morgan fingerprint density at radius 2 is 2.10 bits per heavy atom. The van der Waals surface area contributed by atoms with Crippen LogP contribution in [0.3, 0.4) is 0 Å². The third-order valence-corrected chi connectivity index (χ3v) is 4.38. The van der Waals surface area contributed by atoms with E-state index in [9.17, 15) is 9.59 Å². The molecule has 5 heteroatoms. The summed E-state index contributed by atoms with van der Waals surface area (Å²) >= 11 is 0. The number of nitrogens with one attached hydrogen (secondary N) is 1. The minimum absolute atomic E-state index is 0.0240. The highest BCUT2D eigenvalue weighted by Gasteiger charge is 2.30. The van der Waals surface area contributed by atoms with Crippen LogP contribution in [-0.4, -0.2) is 40.6 Å². The highest BCUT2D eigenvalue weighted by atomic mass is 16.4. The molecule has 2 N–H and O–H groups in total. The van der Waals surface area contributed by atoms with Crippen molar-refractivity contribution in [3.8, 4) is 0 Å². The van der Waals surface area contributed by atoms with Gasteiger partial charge in [-0.2, -0.15) is 0 Å². The molecule has 1 fully saturated rings. The normalized spacial score (nSPS) is 21.4. The summed E-state index contributed by atoms with van der Waals surface area (Å²) in [5, 5.41) is 11.9. The van der Waals surface area contributed by atoms with Crippen molar-refractivity contribution in [1.29, 1.82) is 0 Å². The molecular weight excluding hydrogens is 256 g/mol. The number of hydrogen-bond donors (Lipinski definition) is 2. The minimum atomic E-state index is -0.758. The molecule has 0 radical (unpaired) electrons. The zero-order valence-corrected chi connectivity index (χ0v) is 13.1. The highest BCUT2D eigenvalue weighted by Crippen LogP contribution is 2.26. The molecule has 1 saturated heterocycles. The van der Waals surface area contributed by atoms with Crippen LogP contribution in [0.4, 0.5) is 4.79 Å². The van der Waals surface area contributed by atoms with Crippen molar-refractivity contribution in [3.05, 3.63) is 0 Å². The Bertz CT molecular complexity index is 355. The van der Waals surface area contributed by atoms with Crippen molar-refractivity contribution in [2.24, 2.45) is 11.8 Å².